The Bertz CT molecular complexity index is 284. The minimum Gasteiger partial charge on any atom is -0.382 e. The molecule has 0 bridgehead atoms. The molecule has 1 atom stereocenters. The average Bonchev–Trinajstić information content (AvgIpc) is 2.56. The summed E-state index contributed by atoms with van der Waals surface area (Å²) >= 11 is 0. The quantitative estimate of drug-likeness (QED) is 0.754. The van der Waals surface area contributed by atoms with Crippen LogP contribution in [0.4, 0.5) is 0 Å². The molecule has 2 N–H and O–H groups in total. The fraction of sp³-hybridized carbons (Fsp3) is 0.778. The summed E-state index contributed by atoms with van der Waals surface area (Å²) in [6.45, 7) is 5.19. The SMILES string of the molecule is CCC(COC)n1nnc(CN)c1C. The highest BCUT2D eigenvalue weighted by Crippen LogP contribution is 2.14. The fourth-order valence-electron chi connectivity index (χ4n) is 1.46. The Morgan fingerprint density at radius 1 is 1.57 bits per heavy atom. The molecule has 0 amide bonds. The third kappa shape index (κ3) is 2.10. The van der Waals surface area contributed by atoms with Gasteiger partial charge in [0.15, 0.2) is 0 Å². The molecule has 0 spiro atoms. The lowest BCUT2D eigenvalue weighted by molar-refractivity contribution is 0.145. The molecule has 5 heteroatoms. The maximum absolute atomic E-state index is 5.53. The molecule has 0 fully saturated rings. The highest BCUT2D eigenvalue weighted by Gasteiger charge is 2.14. The molecule has 1 rings (SSSR count). The first-order chi connectivity index (χ1) is 6.74. The average molecular weight is 198 g/mol. The van der Waals surface area contributed by atoms with E-state index in [0.29, 0.717) is 13.2 Å². The maximum atomic E-state index is 5.53. The van der Waals surface area contributed by atoms with Crippen molar-refractivity contribution in [2.75, 3.05) is 13.7 Å². The van der Waals surface area contributed by atoms with Crippen LogP contribution in [0.3, 0.4) is 0 Å². The van der Waals surface area contributed by atoms with Crippen LogP contribution < -0.4 is 5.73 Å². The smallest absolute Gasteiger partial charge is 0.0991 e. The van der Waals surface area contributed by atoms with Crippen LogP contribution in [0.25, 0.3) is 0 Å². The van der Waals surface area contributed by atoms with Crippen molar-refractivity contribution in [2.45, 2.75) is 32.9 Å². The highest BCUT2D eigenvalue weighted by molar-refractivity contribution is 5.07. The summed E-state index contributed by atoms with van der Waals surface area (Å²) in [7, 11) is 1.69. The van der Waals surface area contributed by atoms with E-state index in [1.54, 1.807) is 7.11 Å². The molecule has 5 nitrogen and oxygen atoms in total. The van der Waals surface area contributed by atoms with Crippen molar-refractivity contribution in [3.8, 4) is 0 Å². The van der Waals surface area contributed by atoms with Gasteiger partial charge in [0, 0.05) is 13.7 Å². The highest BCUT2D eigenvalue weighted by atomic mass is 16.5. The standard InChI is InChI=1S/C9H18N4O/c1-4-8(6-14-3)13-7(2)9(5-10)11-12-13/h8H,4-6,10H2,1-3H3. The van der Waals surface area contributed by atoms with E-state index in [4.69, 9.17) is 10.5 Å². The Morgan fingerprint density at radius 2 is 2.29 bits per heavy atom. The molecule has 14 heavy (non-hydrogen) atoms. The van der Waals surface area contributed by atoms with Crippen molar-refractivity contribution in [2.24, 2.45) is 5.73 Å². The Hall–Kier alpha value is -0.940. The lowest BCUT2D eigenvalue weighted by Crippen LogP contribution is -2.17. The summed E-state index contributed by atoms with van der Waals surface area (Å²) in [6.07, 6.45) is 0.974. The topological polar surface area (TPSA) is 66.0 Å². The molecule has 0 aromatic carbocycles. The van der Waals surface area contributed by atoms with Gasteiger partial charge in [-0.3, -0.25) is 0 Å². The van der Waals surface area contributed by atoms with Crippen molar-refractivity contribution in [1.29, 1.82) is 0 Å². The van der Waals surface area contributed by atoms with Crippen LogP contribution >= 0.6 is 0 Å². The first-order valence-electron chi connectivity index (χ1n) is 4.84. The third-order valence-corrected chi connectivity index (χ3v) is 2.39. The zero-order valence-corrected chi connectivity index (χ0v) is 9.03. The molecule has 1 heterocycles. The number of hydrogen-bond acceptors (Lipinski definition) is 4. The second-order valence-corrected chi connectivity index (χ2v) is 3.29. The van der Waals surface area contributed by atoms with Crippen LogP contribution in [0.2, 0.25) is 0 Å². The number of aromatic nitrogens is 3. The van der Waals surface area contributed by atoms with E-state index in [-0.39, 0.29) is 6.04 Å². The van der Waals surface area contributed by atoms with Gasteiger partial charge in [-0.2, -0.15) is 0 Å². The van der Waals surface area contributed by atoms with Crippen LogP contribution in [-0.2, 0) is 11.3 Å². The molecule has 80 valence electrons. The Labute approximate surface area is 84.2 Å². The molecule has 0 aliphatic heterocycles. The van der Waals surface area contributed by atoms with Gasteiger partial charge in [0.1, 0.15) is 0 Å². The van der Waals surface area contributed by atoms with Gasteiger partial charge in [0.2, 0.25) is 0 Å². The number of hydrogen-bond donors (Lipinski definition) is 1. The Morgan fingerprint density at radius 3 is 2.71 bits per heavy atom. The number of ether oxygens (including phenoxy) is 1. The summed E-state index contributed by atoms with van der Waals surface area (Å²) in [5.74, 6) is 0. The van der Waals surface area contributed by atoms with Gasteiger partial charge in [0.25, 0.3) is 0 Å². The zero-order valence-electron chi connectivity index (χ0n) is 9.03. The maximum Gasteiger partial charge on any atom is 0.0991 e. The lowest BCUT2D eigenvalue weighted by atomic mass is 10.2. The van der Waals surface area contributed by atoms with Gasteiger partial charge >= 0.3 is 0 Å². The van der Waals surface area contributed by atoms with Crippen molar-refractivity contribution in [3.63, 3.8) is 0 Å². The molecule has 0 saturated carbocycles. The number of methoxy groups -OCH3 is 1. The first-order valence-corrected chi connectivity index (χ1v) is 4.84. The van der Waals surface area contributed by atoms with E-state index in [2.05, 4.69) is 17.2 Å². The second kappa shape index (κ2) is 5.07. The van der Waals surface area contributed by atoms with E-state index in [9.17, 15) is 0 Å². The minimum atomic E-state index is 0.257. The molecule has 1 unspecified atom stereocenters. The van der Waals surface area contributed by atoms with E-state index < -0.39 is 0 Å². The third-order valence-electron chi connectivity index (χ3n) is 2.39. The van der Waals surface area contributed by atoms with Crippen LogP contribution in [0.1, 0.15) is 30.8 Å². The first kappa shape index (κ1) is 11.1. The predicted octanol–water partition coefficient (Wildman–Crippen LogP) is 0.643. The van der Waals surface area contributed by atoms with E-state index in [1.807, 2.05) is 11.6 Å². The molecular formula is C9H18N4O. The largest absolute Gasteiger partial charge is 0.382 e. The van der Waals surface area contributed by atoms with Crippen molar-refractivity contribution in [1.82, 2.24) is 15.0 Å². The summed E-state index contributed by atoms with van der Waals surface area (Å²) < 4.78 is 7.02. The number of nitrogens with zero attached hydrogens (tertiary/aromatic N) is 3. The Kier molecular flexibility index (Phi) is 4.03. The van der Waals surface area contributed by atoms with Crippen molar-refractivity contribution >= 4 is 0 Å². The zero-order chi connectivity index (χ0) is 10.6. The lowest BCUT2D eigenvalue weighted by Gasteiger charge is -2.15. The van der Waals surface area contributed by atoms with Crippen LogP contribution in [-0.4, -0.2) is 28.7 Å². The molecule has 0 aliphatic rings. The normalized spacial score (nSPS) is 13.1. The van der Waals surface area contributed by atoms with Gasteiger partial charge in [-0.1, -0.05) is 12.1 Å². The van der Waals surface area contributed by atoms with E-state index in [1.165, 1.54) is 0 Å². The van der Waals surface area contributed by atoms with Gasteiger partial charge in [-0.05, 0) is 13.3 Å². The monoisotopic (exact) mass is 198 g/mol. The van der Waals surface area contributed by atoms with E-state index in [0.717, 1.165) is 17.8 Å². The summed E-state index contributed by atoms with van der Waals surface area (Å²) in [4.78, 5) is 0. The van der Waals surface area contributed by atoms with Gasteiger partial charge in [-0.25, -0.2) is 4.68 Å². The fourth-order valence-corrected chi connectivity index (χ4v) is 1.46. The van der Waals surface area contributed by atoms with Gasteiger partial charge in [-0.15, -0.1) is 5.10 Å². The summed E-state index contributed by atoms with van der Waals surface area (Å²) in [5.41, 5.74) is 7.43. The van der Waals surface area contributed by atoms with Crippen molar-refractivity contribution in [3.05, 3.63) is 11.4 Å². The summed E-state index contributed by atoms with van der Waals surface area (Å²) in [6, 6.07) is 0.257. The van der Waals surface area contributed by atoms with Gasteiger partial charge < -0.3 is 10.5 Å². The second-order valence-electron chi connectivity index (χ2n) is 3.29. The molecule has 0 radical (unpaired) electrons. The minimum absolute atomic E-state index is 0.257. The molecule has 1 aromatic rings. The van der Waals surface area contributed by atoms with Crippen molar-refractivity contribution < 1.29 is 4.74 Å². The summed E-state index contributed by atoms with van der Waals surface area (Å²) in [5, 5.41) is 8.10. The molecular weight excluding hydrogens is 180 g/mol. The molecule has 0 aliphatic carbocycles. The van der Waals surface area contributed by atoms with Crippen LogP contribution in [0.5, 0.6) is 0 Å². The van der Waals surface area contributed by atoms with Crippen LogP contribution in [0.15, 0.2) is 0 Å². The van der Waals surface area contributed by atoms with Gasteiger partial charge in [0.05, 0.1) is 24.0 Å². The number of rotatable bonds is 5. The number of nitrogens with two attached hydrogens (primary N) is 1. The van der Waals surface area contributed by atoms with Crippen LogP contribution in [0, 0.1) is 6.92 Å². The Balaban J connectivity index is 2.87. The molecule has 1 aromatic heterocycles. The van der Waals surface area contributed by atoms with E-state index >= 15 is 0 Å². The predicted molar refractivity (Wildman–Crippen MR) is 53.9 cm³/mol. The molecule has 0 saturated heterocycles.